The van der Waals surface area contributed by atoms with Gasteiger partial charge in [0.05, 0.1) is 31.0 Å². The largest absolute Gasteiger partial charge is 0.494 e. The Balaban J connectivity index is 2.07. The number of ether oxygens (including phenoxy) is 2. The van der Waals surface area contributed by atoms with Crippen LogP contribution < -0.4 is 10.1 Å². The summed E-state index contributed by atoms with van der Waals surface area (Å²) in [5.74, 6) is -1.16. The molecule has 0 heterocycles. The van der Waals surface area contributed by atoms with E-state index in [0.29, 0.717) is 38.7 Å². The summed E-state index contributed by atoms with van der Waals surface area (Å²) in [6, 6.07) is 8.94. The van der Waals surface area contributed by atoms with Gasteiger partial charge in [-0.15, -0.1) is 0 Å². The number of carboxylic acid groups (broad SMARTS) is 1. The van der Waals surface area contributed by atoms with Gasteiger partial charge in [0.2, 0.25) is 5.91 Å². The van der Waals surface area contributed by atoms with Crippen molar-refractivity contribution in [2.75, 3.05) is 13.2 Å². The van der Waals surface area contributed by atoms with Crippen LogP contribution in [0.2, 0.25) is 0 Å². The second-order valence-corrected chi connectivity index (χ2v) is 8.65. The van der Waals surface area contributed by atoms with E-state index in [-0.39, 0.29) is 24.9 Å². The van der Waals surface area contributed by atoms with Crippen LogP contribution in [-0.4, -0.2) is 42.2 Å². The number of aliphatic carboxylic acids is 1. The molecule has 1 aromatic carbocycles. The molecule has 1 aliphatic carbocycles. The Morgan fingerprint density at radius 1 is 1.09 bits per heavy atom. The summed E-state index contributed by atoms with van der Waals surface area (Å²) < 4.78 is 10.8. The number of hydrogen-bond acceptors (Lipinski definition) is 5. The van der Waals surface area contributed by atoms with E-state index in [1.54, 1.807) is 6.92 Å². The Kier molecular flexibility index (Phi) is 10.5. The van der Waals surface area contributed by atoms with Crippen LogP contribution in [0, 0.1) is 11.3 Å². The van der Waals surface area contributed by atoms with Gasteiger partial charge in [0.1, 0.15) is 5.75 Å². The third-order valence-electron chi connectivity index (χ3n) is 6.20. The predicted octanol–water partition coefficient (Wildman–Crippen LogP) is 4.34. The Morgan fingerprint density at radius 3 is 2.38 bits per heavy atom. The summed E-state index contributed by atoms with van der Waals surface area (Å²) in [5, 5.41) is 12.7. The Labute approximate surface area is 190 Å². The van der Waals surface area contributed by atoms with Crippen molar-refractivity contribution in [2.45, 2.75) is 77.7 Å². The zero-order valence-electron chi connectivity index (χ0n) is 19.3. The van der Waals surface area contributed by atoms with Gasteiger partial charge in [-0.1, -0.05) is 44.4 Å². The third-order valence-corrected chi connectivity index (χ3v) is 6.20. The van der Waals surface area contributed by atoms with Crippen LogP contribution in [-0.2, 0) is 19.1 Å². The average molecular weight is 448 g/mol. The fourth-order valence-electron chi connectivity index (χ4n) is 4.53. The number of hydrogen-bond donors (Lipinski definition) is 2. The lowest BCUT2D eigenvalue weighted by molar-refractivity contribution is -0.144. The summed E-state index contributed by atoms with van der Waals surface area (Å²) >= 11 is 0. The van der Waals surface area contributed by atoms with Gasteiger partial charge in [-0.25, -0.2) is 0 Å². The highest BCUT2D eigenvalue weighted by molar-refractivity contribution is 5.84. The van der Waals surface area contributed by atoms with E-state index < -0.39 is 23.3 Å². The van der Waals surface area contributed by atoms with Crippen molar-refractivity contribution in [3.8, 4) is 5.75 Å². The van der Waals surface area contributed by atoms with Crippen LogP contribution in [0.15, 0.2) is 30.3 Å². The van der Waals surface area contributed by atoms with Crippen molar-refractivity contribution >= 4 is 17.8 Å². The topological polar surface area (TPSA) is 102 Å². The Hall–Kier alpha value is -2.57. The van der Waals surface area contributed by atoms with E-state index in [9.17, 15) is 19.5 Å². The number of carbonyl (C=O) groups excluding carboxylic acids is 2. The number of nitrogens with one attached hydrogen (secondary N) is 1. The molecule has 0 aliphatic heterocycles. The van der Waals surface area contributed by atoms with Gasteiger partial charge in [0, 0.05) is 12.5 Å². The SMILES string of the molecule is CCC[C@H](CC1(C(=O)NC(CCOc2ccccc2)CC(=O)OCC)CCCC1)C(=O)O. The second kappa shape index (κ2) is 13.1. The Bertz CT molecular complexity index is 729. The molecule has 1 fully saturated rings. The second-order valence-electron chi connectivity index (χ2n) is 8.65. The molecule has 0 radical (unpaired) electrons. The number of para-hydroxylation sites is 1. The average Bonchev–Trinajstić information content (AvgIpc) is 3.24. The molecule has 0 bridgehead atoms. The summed E-state index contributed by atoms with van der Waals surface area (Å²) in [6.45, 7) is 4.33. The van der Waals surface area contributed by atoms with Crippen LogP contribution in [0.3, 0.4) is 0 Å². The molecule has 1 aliphatic rings. The van der Waals surface area contributed by atoms with Gasteiger partial charge < -0.3 is 19.9 Å². The molecule has 7 nitrogen and oxygen atoms in total. The summed E-state index contributed by atoms with van der Waals surface area (Å²) in [6.07, 6.45) is 5.35. The minimum absolute atomic E-state index is 0.0606. The molecule has 2 rings (SSSR count). The van der Waals surface area contributed by atoms with Gasteiger partial charge in [-0.3, -0.25) is 14.4 Å². The van der Waals surface area contributed by atoms with Crippen LogP contribution >= 0.6 is 0 Å². The van der Waals surface area contributed by atoms with Crippen molar-refractivity contribution in [2.24, 2.45) is 11.3 Å². The van der Waals surface area contributed by atoms with Gasteiger partial charge in [0.25, 0.3) is 0 Å². The summed E-state index contributed by atoms with van der Waals surface area (Å²) in [7, 11) is 0. The molecule has 2 atom stereocenters. The van der Waals surface area contributed by atoms with E-state index >= 15 is 0 Å². The minimum atomic E-state index is -0.842. The van der Waals surface area contributed by atoms with Gasteiger partial charge in [0.15, 0.2) is 0 Å². The Morgan fingerprint density at radius 2 is 1.78 bits per heavy atom. The maximum absolute atomic E-state index is 13.4. The van der Waals surface area contributed by atoms with Gasteiger partial charge >= 0.3 is 11.9 Å². The predicted molar refractivity (Wildman–Crippen MR) is 121 cm³/mol. The number of amides is 1. The zero-order chi connectivity index (χ0) is 23.4. The van der Waals surface area contributed by atoms with Crippen LogP contribution in [0.1, 0.15) is 71.6 Å². The lowest BCUT2D eigenvalue weighted by atomic mass is 9.75. The highest BCUT2D eigenvalue weighted by Gasteiger charge is 2.44. The molecule has 2 N–H and O–H groups in total. The third kappa shape index (κ3) is 7.84. The van der Waals surface area contributed by atoms with E-state index in [1.807, 2.05) is 37.3 Å². The van der Waals surface area contributed by atoms with Crippen molar-refractivity contribution in [1.82, 2.24) is 5.32 Å². The van der Waals surface area contributed by atoms with E-state index in [2.05, 4.69) is 5.32 Å². The van der Waals surface area contributed by atoms with E-state index in [4.69, 9.17) is 9.47 Å². The number of esters is 1. The fourth-order valence-corrected chi connectivity index (χ4v) is 4.53. The molecule has 7 heteroatoms. The van der Waals surface area contributed by atoms with E-state index in [0.717, 1.165) is 25.0 Å². The first-order valence-corrected chi connectivity index (χ1v) is 11.8. The lowest BCUT2D eigenvalue weighted by Crippen LogP contribution is -2.47. The van der Waals surface area contributed by atoms with Crippen molar-refractivity contribution in [3.63, 3.8) is 0 Å². The zero-order valence-corrected chi connectivity index (χ0v) is 19.3. The lowest BCUT2D eigenvalue weighted by Gasteiger charge is -2.32. The molecule has 178 valence electrons. The van der Waals surface area contributed by atoms with Crippen LogP contribution in [0.4, 0.5) is 0 Å². The first-order chi connectivity index (χ1) is 15.4. The molecular formula is C25H37NO6. The molecule has 0 spiro atoms. The molecule has 0 saturated heterocycles. The highest BCUT2D eigenvalue weighted by atomic mass is 16.5. The first kappa shape index (κ1) is 25.7. The van der Waals surface area contributed by atoms with Gasteiger partial charge in [-0.2, -0.15) is 0 Å². The first-order valence-electron chi connectivity index (χ1n) is 11.8. The standard InChI is InChI=1S/C25H37NO6/c1-3-10-19(23(28)29)18-25(14-8-9-15-25)24(30)26-20(17-22(27)31-4-2)13-16-32-21-11-6-5-7-12-21/h5-7,11-12,19-20H,3-4,8-10,13-18H2,1-2H3,(H,26,30)(H,28,29)/t19-,20?/m1/s1. The number of benzene rings is 1. The molecule has 32 heavy (non-hydrogen) atoms. The number of carboxylic acids is 1. The molecule has 1 amide bonds. The van der Waals surface area contributed by atoms with Crippen LogP contribution in [0.25, 0.3) is 0 Å². The highest BCUT2D eigenvalue weighted by Crippen LogP contribution is 2.44. The summed E-state index contributed by atoms with van der Waals surface area (Å²) in [5.41, 5.74) is -0.689. The van der Waals surface area contributed by atoms with Crippen molar-refractivity contribution < 1.29 is 29.0 Å². The molecule has 1 saturated carbocycles. The fraction of sp³-hybridized carbons (Fsp3) is 0.640. The molecular weight excluding hydrogens is 410 g/mol. The maximum atomic E-state index is 13.4. The molecule has 0 aromatic heterocycles. The minimum Gasteiger partial charge on any atom is -0.494 e. The van der Waals surface area contributed by atoms with Gasteiger partial charge in [-0.05, 0) is 44.7 Å². The quantitative estimate of drug-likeness (QED) is 0.411. The van der Waals surface area contributed by atoms with Crippen molar-refractivity contribution in [3.05, 3.63) is 30.3 Å². The number of rotatable bonds is 14. The van der Waals surface area contributed by atoms with Crippen molar-refractivity contribution in [1.29, 1.82) is 0 Å². The normalized spacial score (nSPS) is 16.7. The maximum Gasteiger partial charge on any atom is 0.307 e. The smallest absolute Gasteiger partial charge is 0.307 e. The number of carbonyl (C=O) groups is 3. The monoisotopic (exact) mass is 447 g/mol. The van der Waals surface area contributed by atoms with Crippen LogP contribution in [0.5, 0.6) is 5.75 Å². The van der Waals surface area contributed by atoms with E-state index in [1.165, 1.54) is 0 Å². The summed E-state index contributed by atoms with van der Waals surface area (Å²) in [4.78, 5) is 37.3. The molecule has 1 unspecified atom stereocenters. The molecule has 1 aromatic rings.